The molecule has 2 aliphatic rings. The molecule has 1 amide bonds. The summed E-state index contributed by atoms with van der Waals surface area (Å²) in [6.45, 7) is 6.28. The highest BCUT2D eigenvalue weighted by Crippen LogP contribution is 2.58. The molecule has 21 heavy (non-hydrogen) atoms. The fourth-order valence-corrected chi connectivity index (χ4v) is 3.52. The Morgan fingerprint density at radius 2 is 1.86 bits per heavy atom. The van der Waals surface area contributed by atoms with Crippen LogP contribution in [0.15, 0.2) is 30.3 Å². The van der Waals surface area contributed by atoms with Crippen LogP contribution in [0.5, 0.6) is 0 Å². The summed E-state index contributed by atoms with van der Waals surface area (Å²) < 4.78 is 0. The third kappa shape index (κ3) is 3.24. The van der Waals surface area contributed by atoms with Gasteiger partial charge in [0.1, 0.15) is 0 Å². The standard InChI is InChI=1S/C17H24N2O.ClH/c1-16(2,13-6-4-3-5-7-13)19-15(20)14-12-17(14)8-10-18-11-9-17;/h3-7,14,18H,8-12H2,1-2H3,(H,19,20);1H. The van der Waals surface area contributed by atoms with Gasteiger partial charge in [-0.05, 0) is 57.2 Å². The molecule has 2 N–H and O–H groups in total. The van der Waals surface area contributed by atoms with E-state index >= 15 is 0 Å². The molecule has 1 aliphatic heterocycles. The number of rotatable bonds is 3. The fourth-order valence-electron chi connectivity index (χ4n) is 3.52. The molecule has 4 heteroatoms. The van der Waals surface area contributed by atoms with Crippen LogP contribution in [-0.4, -0.2) is 19.0 Å². The minimum atomic E-state index is -0.297. The first-order chi connectivity index (χ1) is 9.54. The van der Waals surface area contributed by atoms with Gasteiger partial charge in [0, 0.05) is 5.92 Å². The fraction of sp³-hybridized carbons (Fsp3) is 0.588. The Morgan fingerprint density at radius 3 is 2.48 bits per heavy atom. The molecule has 1 heterocycles. The van der Waals surface area contributed by atoms with E-state index in [9.17, 15) is 4.79 Å². The molecule has 1 aromatic rings. The second-order valence-corrected chi connectivity index (χ2v) is 6.85. The van der Waals surface area contributed by atoms with Crippen molar-refractivity contribution in [3.63, 3.8) is 0 Å². The molecule has 3 nitrogen and oxygen atoms in total. The number of amides is 1. The van der Waals surface area contributed by atoms with Gasteiger partial charge in [0.25, 0.3) is 0 Å². The number of carbonyl (C=O) groups excluding carboxylic acids is 1. The average molecular weight is 309 g/mol. The number of hydrogen-bond donors (Lipinski definition) is 2. The monoisotopic (exact) mass is 308 g/mol. The molecule has 3 rings (SSSR count). The molecule has 0 bridgehead atoms. The van der Waals surface area contributed by atoms with Gasteiger partial charge in [-0.25, -0.2) is 0 Å². The Kier molecular flexibility index (Phi) is 4.64. The Balaban J connectivity index is 0.00000161. The summed E-state index contributed by atoms with van der Waals surface area (Å²) in [5.74, 6) is 0.466. The quantitative estimate of drug-likeness (QED) is 0.901. The molecule has 1 aliphatic carbocycles. The Bertz CT molecular complexity index is 495. The van der Waals surface area contributed by atoms with Crippen molar-refractivity contribution in [1.82, 2.24) is 10.6 Å². The second kappa shape index (κ2) is 5.98. The molecule has 0 radical (unpaired) electrons. The minimum Gasteiger partial charge on any atom is -0.347 e. The van der Waals surface area contributed by atoms with Crippen LogP contribution in [-0.2, 0) is 10.3 Å². The summed E-state index contributed by atoms with van der Waals surface area (Å²) in [5.41, 5.74) is 1.17. The topological polar surface area (TPSA) is 41.1 Å². The van der Waals surface area contributed by atoms with Crippen molar-refractivity contribution >= 4 is 18.3 Å². The van der Waals surface area contributed by atoms with Gasteiger partial charge in [0.15, 0.2) is 0 Å². The highest BCUT2D eigenvalue weighted by Gasteiger charge is 2.58. The maximum Gasteiger partial charge on any atom is 0.224 e. The first kappa shape index (κ1) is 16.3. The Morgan fingerprint density at radius 1 is 1.24 bits per heavy atom. The van der Waals surface area contributed by atoms with E-state index in [1.807, 2.05) is 18.2 Å². The van der Waals surface area contributed by atoms with Crippen LogP contribution >= 0.6 is 12.4 Å². The molecule has 1 unspecified atom stereocenters. The van der Waals surface area contributed by atoms with Gasteiger partial charge in [-0.15, -0.1) is 12.4 Å². The molecule has 1 aromatic carbocycles. The number of nitrogens with one attached hydrogen (secondary N) is 2. The van der Waals surface area contributed by atoms with E-state index in [4.69, 9.17) is 0 Å². The Labute approximate surface area is 133 Å². The zero-order valence-corrected chi connectivity index (χ0v) is 13.6. The highest BCUT2D eigenvalue weighted by atomic mass is 35.5. The summed E-state index contributed by atoms with van der Waals surface area (Å²) in [6.07, 6.45) is 3.37. The summed E-state index contributed by atoms with van der Waals surface area (Å²) in [7, 11) is 0. The molecule has 0 aromatic heterocycles. The summed E-state index contributed by atoms with van der Waals surface area (Å²) in [4.78, 5) is 12.5. The molecule has 116 valence electrons. The van der Waals surface area contributed by atoms with Gasteiger partial charge in [-0.1, -0.05) is 30.3 Å². The zero-order chi connectivity index (χ0) is 14.2. The Hall–Kier alpha value is -1.06. The first-order valence-corrected chi connectivity index (χ1v) is 7.62. The SMILES string of the molecule is CC(C)(NC(=O)C1CC12CCNCC2)c1ccccc1.Cl. The highest BCUT2D eigenvalue weighted by molar-refractivity contribution is 5.85. The van der Waals surface area contributed by atoms with E-state index in [2.05, 4.69) is 36.6 Å². The van der Waals surface area contributed by atoms with Crippen molar-refractivity contribution < 1.29 is 4.79 Å². The minimum absolute atomic E-state index is 0. The predicted molar refractivity (Wildman–Crippen MR) is 87.5 cm³/mol. The van der Waals surface area contributed by atoms with Gasteiger partial charge in [-0.2, -0.15) is 0 Å². The van der Waals surface area contributed by atoms with Crippen LogP contribution < -0.4 is 10.6 Å². The summed E-state index contributed by atoms with van der Waals surface area (Å²) in [5, 5.41) is 6.63. The van der Waals surface area contributed by atoms with Crippen molar-refractivity contribution in [2.24, 2.45) is 11.3 Å². The smallest absolute Gasteiger partial charge is 0.224 e. The first-order valence-electron chi connectivity index (χ1n) is 7.62. The maximum absolute atomic E-state index is 12.5. The molecular formula is C17H25ClN2O. The molecule has 1 saturated heterocycles. The number of carbonyl (C=O) groups is 1. The van der Waals surface area contributed by atoms with Crippen LogP contribution in [0.4, 0.5) is 0 Å². The van der Waals surface area contributed by atoms with Crippen molar-refractivity contribution in [2.75, 3.05) is 13.1 Å². The third-order valence-corrected chi connectivity index (χ3v) is 5.04. The molecule has 1 atom stereocenters. The number of halogens is 1. The molecule has 1 saturated carbocycles. The average Bonchev–Trinajstić information content (AvgIpc) is 3.14. The van der Waals surface area contributed by atoms with Gasteiger partial charge < -0.3 is 10.6 Å². The largest absolute Gasteiger partial charge is 0.347 e. The van der Waals surface area contributed by atoms with Crippen molar-refractivity contribution in [1.29, 1.82) is 0 Å². The molecule has 2 fully saturated rings. The second-order valence-electron chi connectivity index (χ2n) is 6.85. The van der Waals surface area contributed by atoms with Gasteiger partial charge in [-0.3, -0.25) is 4.79 Å². The molecular weight excluding hydrogens is 284 g/mol. The number of benzene rings is 1. The summed E-state index contributed by atoms with van der Waals surface area (Å²) in [6, 6.07) is 10.2. The number of hydrogen-bond acceptors (Lipinski definition) is 2. The van der Waals surface area contributed by atoms with Crippen molar-refractivity contribution in [3.05, 3.63) is 35.9 Å². The van der Waals surface area contributed by atoms with Crippen LogP contribution in [0.2, 0.25) is 0 Å². The van der Waals surface area contributed by atoms with Gasteiger partial charge in [0.05, 0.1) is 5.54 Å². The number of piperidine rings is 1. The van der Waals surface area contributed by atoms with E-state index in [0.29, 0.717) is 5.41 Å². The lowest BCUT2D eigenvalue weighted by molar-refractivity contribution is -0.125. The van der Waals surface area contributed by atoms with E-state index in [-0.39, 0.29) is 29.8 Å². The third-order valence-electron chi connectivity index (χ3n) is 5.04. The van der Waals surface area contributed by atoms with Gasteiger partial charge in [0.2, 0.25) is 5.91 Å². The van der Waals surface area contributed by atoms with Crippen LogP contribution in [0.3, 0.4) is 0 Å². The van der Waals surface area contributed by atoms with Crippen LogP contribution in [0.1, 0.15) is 38.7 Å². The normalized spacial score (nSPS) is 23.2. The van der Waals surface area contributed by atoms with E-state index in [1.54, 1.807) is 0 Å². The maximum atomic E-state index is 12.5. The van der Waals surface area contributed by atoms with Gasteiger partial charge >= 0.3 is 0 Å². The van der Waals surface area contributed by atoms with E-state index in [0.717, 1.165) is 37.9 Å². The van der Waals surface area contributed by atoms with Crippen LogP contribution in [0.25, 0.3) is 0 Å². The lowest BCUT2D eigenvalue weighted by Gasteiger charge is -2.28. The zero-order valence-electron chi connectivity index (χ0n) is 12.8. The van der Waals surface area contributed by atoms with Crippen molar-refractivity contribution in [3.8, 4) is 0 Å². The lowest BCUT2D eigenvalue weighted by atomic mass is 9.90. The molecule has 1 spiro atoms. The van der Waals surface area contributed by atoms with Crippen molar-refractivity contribution in [2.45, 2.75) is 38.6 Å². The van der Waals surface area contributed by atoms with E-state index in [1.165, 1.54) is 0 Å². The van der Waals surface area contributed by atoms with E-state index < -0.39 is 0 Å². The predicted octanol–water partition coefficient (Wildman–Crippen LogP) is 2.85. The van der Waals surface area contributed by atoms with Crippen LogP contribution in [0, 0.1) is 11.3 Å². The lowest BCUT2D eigenvalue weighted by Crippen LogP contribution is -2.43. The summed E-state index contributed by atoms with van der Waals surface area (Å²) >= 11 is 0.